The van der Waals surface area contributed by atoms with E-state index in [-0.39, 0.29) is 5.01 Å². The Balaban J connectivity index is 2.68. The van der Waals surface area contributed by atoms with Crippen molar-refractivity contribution in [3.05, 3.63) is 27.7 Å². The van der Waals surface area contributed by atoms with Crippen molar-refractivity contribution in [2.75, 3.05) is 0 Å². The number of benzene rings is 1. The third-order valence-electron chi connectivity index (χ3n) is 1.57. The van der Waals surface area contributed by atoms with Gasteiger partial charge in [0.1, 0.15) is 0 Å². The molecule has 0 radical (unpaired) electrons. The van der Waals surface area contributed by atoms with Gasteiger partial charge in [0, 0.05) is 4.47 Å². The second-order valence-electron chi connectivity index (χ2n) is 2.44. The zero-order valence-electron chi connectivity index (χ0n) is 6.30. The predicted octanol–water partition coefficient (Wildman–Crippen LogP) is 4.00. The van der Waals surface area contributed by atoms with E-state index >= 15 is 0 Å². The summed E-state index contributed by atoms with van der Waals surface area (Å²) in [6.07, 6.45) is -2.48. The lowest BCUT2D eigenvalue weighted by atomic mass is 10.3. The molecule has 0 fully saturated rings. The van der Waals surface area contributed by atoms with Crippen LogP contribution in [0.3, 0.4) is 0 Å². The van der Waals surface area contributed by atoms with E-state index in [1.54, 1.807) is 18.2 Å². The van der Waals surface area contributed by atoms with Crippen molar-refractivity contribution in [2.45, 2.75) is 6.43 Å². The normalized spacial score (nSPS) is 11.4. The molecule has 0 spiro atoms. The predicted molar refractivity (Wildman–Crippen MR) is 52.3 cm³/mol. The maximum atomic E-state index is 12.3. The molecule has 0 aliphatic heterocycles. The molecule has 13 heavy (non-hydrogen) atoms. The van der Waals surface area contributed by atoms with Gasteiger partial charge in [0.2, 0.25) is 0 Å². The number of fused-ring (bicyclic) bond motifs is 1. The maximum Gasteiger partial charge on any atom is 0.289 e. The molecule has 0 saturated carbocycles. The molecule has 5 heteroatoms. The van der Waals surface area contributed by atoms with Crippen molar-refractivity contribution in [2.24, 2.45) is 0 Å². The number of aromatic nitrogens is 1. The first-order valence-corrected chi connectivity index (χ1v) is 5.12. The Kier molecular flexibility index (Phi) is 2.29. The van der Waals surface area contributed by atoms with Gasteiger partial charge >= 0.3 is 0 Å². The van der Waals surface area contributed by atoms with E-state index in [9.17, 15) is 8.78 Å². The van der Waals surface area contributed by atoms with Crippen LogP contribution in [-0.4, -0.2) is 4.98 Å². The van der Waals surface area contributed by atoms with Gasteiger partial charge in [-0.1, -0.05) is 6.07 Å². The van der Waals surface area contributed by atoms with Gasteiger partial charge in [0.05, 0.1) is 10.2 Å². The van der Waals surface area contributed by atoms with Crippen LogP contribution in [0.4, 0.5) is 8.78 Å². The Morgan fingerprint density at radius 2 is 2.15 bits per heavy atom. The summed E-state index contributed by atoms with van der Waals surface area (Å²) in [6, 6.07) is 5.38. The minimum Gasteiger partial charge on any atom is -0.234 e. The molecule has 0 saturated heterocycles. The van der Waals surface area contributed by atoms with Crippen LogP contribution >= 0.6 is 27.3 Å². The molecule has 0 aliphatic rings. The standard InChI is InChI=1S/C8H4BrF2NS/c9-4-2-1-3-5-6(4)12-8(13-5)7(10)11/h1-3,7H. The highest BCUT2D eigenvalue weighted by molar-refractivity contribution is 9.10. The molecule has 0 N–H and O–H groups in total. The van der Waals surface area contributed by atoms with E-state index in [1.807, 2.05) is 0 Å². The Morgan fingerprint density at radius 1 is 1.38 bits per heavy atom. The molecule has 2 rings (SSSR count). The van der Waals surface area contributed by atoms with Gasteiger partial charge < -0.3 is 0 Å². The van der Waals surface area contributed by atoms with Crippen LogP contribution in [0.15, 0.2) is 22.7 Å². The number of para-hydroxylation sites is 1. The third-order valence-corrected chi connectivity index (χ3v) is 3.24. The number of halogens is 3. The first kappa shape index (κ1) is 9.02. The van der Waals surface area contributed by atoms with Crippen LogP contribution in [0.25, 0.3) is 10.2 Å². The lowest BCUT2D eigenvalue weighted by Gasteiger charge is -1.89. The van der Waals surface area contributed by atoms with Gasteiger partial charge in [0.15, 0.2) is 5.01 Å². The summed E-state index contributed by atoms with van der Waals surface area (Å²) in [5, 5.41) is -0.123. The average Bonchev–Trinajstić information content (AvgIpc) is 2.49. The summed E-state index contributed by atoms with van der Waals surface area (Å²) in [5.74, 6) is 0. The van der Waals surface area contributed by atoms with Crippen LogP contribution in [0.5, 0.6) is 0 Å². The highest BCUT2D eigenvalue weighted by Crippen LogP contribution is 2.32. The molecule has 1 aromatic carbocycles. The summed E-state index contributed by atoms with van der Waals surface area (Å²) in [4.78, 5) is 3.83. The Hall–Kier alpha value is -0.550. The van der Waals surface area contributed by atoms with Gasteiger partial charge in [-0.15, -0.1) is 11.3 Å². The van der Waals surface area contributed by atoms with E-state index in [2.05, 4.69) is 20.9 Å². The molecular formula is C8H4BrF2NS. The van der Waals surface area contributed by atoms with Crippen molar-refractivity contribution in [3.8, 4) is 0 Å². The third kappa shape index (κ3) is 1.58. The lowest BCUT2D eigenvalue weighted by Crippen LogP contribution is -1.79. The molecule has 0 atom stereocenters. The highest BCUT2D eigenvalue weighted by atomic mass is 79.9. The average molecular weight is 264 g/mol. The lowest BCUT2D eigenvalue weighted by molar-refractivity contribution is 0.151. The second kappa shape index (κ2) is 3.31. The van der Waals surface area contributed by atoms with Gasteiger partial charge in [-0.2, -0.15) is 0 Å². The Morgan fingerprint density at radius 3 is 2.77 bits per heavy atom. The number of thiazole rings is 1. The molecule has 1 heterocycles. The van der Waals surface area contributed by atoms with Crippen molar-refractivity contribution >= 4 is 37.5 Å². The van der Waals surface area contributed by atoms with Gasteiger partial charge in [-0.3, -0.25) is 0 Å². The number of rotatable bonds is 1. The first-order chi connectivity index (χ1) is 6.18. The molecule has 0 bridgehead atoms. The minimum absolute atomic E-state index is 0.123. The minimum atomic E-state index is -2.48. The van der Waals surface area contributed by atoms with Crippen molar-refractivity contribution in [3.63, 3.8) is 0 Å². The summed E-state index contributed by atoms with van der Waals surface area (Å²) in [6.45, 7) is 0. The molecule has 1 nitrogen and oxygen atoms in total. The maximum absolute atomic E-state index is 12.3. The SMILES string of the molecule is FC(F)c1nc2c(Br)cccc2s1. The van der Waals surface area contributed by atoms with E-state index in [0.717, 1.165) is 20.5 Å². The quantitative estimate of drug-likeness (QED) is 0.758. The van der Waals surface area contributed by atoms with Gasteiger partial charge in [-0.25, -0.2) is 13.8 Å². The number of hydrogen-bond acceptors (Lipinski definition) is 2. The zero-order valence-corrected chi connectivity index (χ0v) is 8.70. The van der Waals surface area contributed by atoms with E-state index in [1.165, 1.54) is 0 Å². The molecular weight excluding hydrogens is 260 g/mol. The second-order valence-corrected chi connectivity index (χ2v) is 4.36. The fourth-order valence-corrected chi connectivity index (χ4v) is 2.46. The van der Waals surface area contributed by atoms with E-state index < -0.39 is 6.43 Å². The molecule has 68 valence electrons. The summed E-state index contributed by atoms with van der Waals surface area (Å²) < 4.78 is 26.1. The summed E-state index contributed by atoms with van der Waals surface area (Å²) >= 11 is 4.29. The molecule has 2 aromatic rings. The van der Waals surface area contributed by atoms with Crippen LogP contribution in [0.2, 0.25) is 0 Å². The monoisotopic (exact) mass is 263 g/mol. The fourth-order valence-electron chi connectivity index (χ4n) is 1.03. The number of nitrogens with zero attached hydrogens (tertiary/aromatic N) is 1. The van der Waals surface area contributed by atoms with Gasteiger partial charge in [0.25, 0.3) is 6.43 Å². The topological polar surface area (TPSA) is 12.9 Å². The summed E-state index contributed by atoms with van der Waals surface area (Å²) in [7, 11) is 0. The van der Waals surface area contributed by atoms with E-state index in [0.29, 0.717) is 5.52 Å². The zero-order chi connectivity index (χ0) is 9.42. The first-order valence-electron chi connectivity index (χ1n) is 3.51. The molecule has 1 aromatic heterocycles. The Labute approximate surface area is 85.5 Å². The fraction of sp³-hybridized carbons (Fsp3) is 0.125. The van der Waals surface area contributed by atoms with Gasteiger partial charge in [-0.05, 0) is 28.1 Å². The number of hydrogen-bond donors (Lipinski definition) is 0. The van der Waals surface area contributed by atoms with Crippen molar-refractivity contribution in [1.82, 2.24) is 4.98 Å². The van der Waals surface area contributed by atoms with Crippen molar-refractivity contribution < 1.29 is 8.78 Å². The largest absolute Gasteiger partial charge is 0.289 e. The smallest absolute Gasteiger partial charge is 0.234 e. The van der Waals surface area contributed by atoms with Crippen molar-refractivity contribution in [1.29, 1.82) is 0 Å². The van der Waals surface area contributed by atoms with Crippen LogP contribution in [-0.2, 0) is 0 Å². The number of alkyl halides is 2. The van der Waals surface area contributed by atoms with E-state index in [4.69, 9.17) is 0 Å². The summed E-state index contributed by atoms with van der Waals surface area (Å²) in [5.41, 5.74) is 0.614. The van der Waals surface area contributed by atoms with Crippen LogP contribution in [0.1, 0.15) is 11.4 Å². The molecule has 0 amide bonds. The Bertz CT molecular complexity index is 441. The highest BCUT2D eigenvalue weighted by Gasteiger charge is 2.14. The van der Waals surface area contributed by atoms with Crippen LogP contribution < -0.4 is 0 Å². The van der Waals surface area contributed by atoms with Crippen LogP contribution in [0, 0.1) is 0 Å². The molecule has 0 unspecified atom stereocenters. The molecule has 0 aliphatic carbocycles.